The number of hydrogen-bond acceptors (Lipinski definition) is 6. The Kier molecular flexibility index (Phi) is 5.07. The molecule has 0 atom stereocenters. The molecule has 120 valence electrons. The Hall–Kier alpha value is -2.74. The van der Waals surface area contributed by atoms with Crippen LogP contribution >= 0.6 is 11.3 Å². The first kappa shape index (κ1) is 16.6. The van der Waals surface area contributed by atoms with Crippen LogP contribution in [0.25, 0.3) is 0 Å². The van der Waals surface area contributed by atoms with Gasteiger partial charge in [-0.2, -0.15) is 0 Å². The lowest BCUT2D eigenvalue weighted by Crippen LogP contribution is -2.21. The van der Waals surface area contributed by atoms with Crippen molar-refractivity contribution in [1.82, 2.24) is 0 Å². The molecule has 0 aliphatic rings. The maximum Gasteiger partial charge on any atom is 0.349 e. The molecule has 1 N–H and O–H groups in total. The van der Waals surface area contributed by atoms with Gasteiger partial charge in [-0.25, -0.2) is 4.79 Å². The molecule has 0 unspecified atom stereocenters. The van der Waals surface area contributed by atoms with Crippen molar-refractivity contribution >= 4 is 33.9 Å². The summed E-state index contributed by atoms with van der Waals surface area (Å²) in [5.74, 6) is -1.24. The van der Waals surface area contributed by atoms with Crippen molar-refractivity contribution in [1.29, 1.82) is 0 Å². The quantitative estimate of drug-likeness (QED) is 0.515. The van der Waals surface area contributed by atoms with E-state index in [-0.39, 0.29) is 9.88 Å². The maximum absolute atomic E-state index is 11.8. The van der Waals surface area contributed by atoms with E-state index in [0.717, 1.165) is 11.1 Å². The first-order chi connectivity index (χ1) is 10.9. The smallest absolute Gasteiger partial charge is 0.349 e. The number of anilines is 1. The molecule has 0 aliphatic heterocycles. The standard InChI is InChI=1S/C15H14N2O5S/c1-9-3-4-10(2)11(7-9)16-13(18)8-22-15(19)12-5-6-14(23-12)17(20)21/h3-7H,8H2,1-2H3,(H,16,18). The van der Waals surface area contributed by atoms with E-state index in [0.29, 0.717) is 17.0 Å². The van der Waals surface area contributed by atoms with Crippen molar-refractivity contribution in [2.75, 3.05) is 11.9 Å². The molecule has 0 fully saturated rings. The van der Waals surface area contributed by atoms with Crippen LogP contribution in [0.4, 0.5) is 10.7 Å². The van der Waals surface area contributed by atoms with E-state index in [1.807, 2.05) is 32.0 Å². The van der Waals surface area contributed by atoms with Crippen molar-refractivity contribution in [3.05, 3.63) is 56.5 Å². The van der Waals surface area contributed by atoms with Gasteiger partial charge in [0, 0.05) is 11.8 Å². The number of nitrogens with zero attached hydrogens (tertiary/aromatic N) is 1. The van der Waals surface area contributed by atoms with Crippen molar-refractivity contribution in [3.8, 4) is 0 Å². The molecule has 0 saturated heterocycles. The molecule has 0 spiro atoms. The summed E-state index contributed by atoms with van der Waals surface area (Å²) in [4.78, 5) is 33.6. The third-order valence-electron chi connectivity index (χ3n) is 2.97. The van der Waals surface area contributed by atoms with Crippen molar-refractivity contribution in [2.24, 2.45) is 0 Å². The summed E-state index contributed by atoms with van der Waals surface area (Å²) < 4.78 is 4.86. The molecule has 2 rings (SSSR count). The molecule has 0 bridgehead atoms. The Morgan fingerprint density at radius 1 is 1.26 bits per heavy atom. The summed E-state index contributed by atoms with van der Waals surface area (Å²) in [6, 6.07) is 8.14. The topological polar surface area (TPSA) is 98.5 Å². The number of esters is 1. The van der Waals surface area contributed by atoms with Gasteiger partial charge < -0.3 is 10.1 Å². The van der Waals surface area contributed by atoms with E-state index in [2.05, 4.69) is 5.32 Å². The second-order valence-corrected chi connectivity index (χ2v) is 5.90. The van der Waals surface area contributed by atoms with Crippen LogP contribution in [0.15, 0.2) is 30.3 Å². The average molecular weight is 334 g/mol. The summed E-state index contributed by atoms with van der Waals surface area (Å²) in [5.41, 5.74) is 2.54. The highest BCUT2D eigenvalue weighted by Gasteiger charge is 2.17. The highest BCUT2D eigenvalue weighted by atomic mass is 32.1. The Morgan fingerprint density at radius 2 is 2.00 bits per heavy atom. The fraction of sp³-hybridized carbons (Fsp3) is 0.200. The van der Waals surface area contributed by atoms with Crippen molar-refractivity contribution in [2.45, 2.75) is 13.8 Å². The summed E-state index contributed by atoms with van der Waals surface area (Å²) in [5, 5.41) is 13.1. The van der Waals surface area contributed by atoms with Gasteiger partial charge in [-0.1, -0.05) is 23.5 Å². The second-order valence-electron chi connectivity index (χ2n) is 4.84. The van der Waals surface area contributed by atoms with Gasteiger partial charge in [0.1, 0.15) is 4.88 Å². The van der Waals surface area contributed by atoms with Crippen LogP contribution in [0.5, 0.6) is 0 Å². The molecule has 1 amide bonds. The van der Waals surface area contributed by atoms with Gasteiger partial charge in [0.15, 0.2) is 6.61 Å². The van der Waals surface area contributed by atoms with Crippen LogP contribution in [0.2, 0.25) is 0 Å². The molecule has 1 heterocycles. The van der Waals surface area contributed by atoms with Gasteiger partial charge in [-0.3, -0.25) is 14.9 Å². The molecule has 2 aromatic rings. The number of hydrogen-bond donors (Lipinski definition) is 1. The van der Waals surface area contributed by atoms with Crippen LogP contribution in [0.3, 0.4) is 0 Å². The summed E-state index contributed by atoms with van der Waals surface area (Å²) in [6.45, 7) is 3.29. The minimum atomic E-state index is -0.765. The molecule has 0 aliphatic carbocycles. The first-order valence-electron chi connectivity index (χ1n) is 6.65. The first-order valence-corrected chi connectivity index (χ1v) is 7.47. The van der Waals surface area contributed by atoms with Gasteiger partial charge in [0.25, 0.3) is 5.91 Å². The van der Waals surface area contributed by atoms with Crippen LogP contribution < -0.4 is 5.32 Å². The van der Waals surface area contributed by atoms with E-state index in [9.17, 15) is 19.7 Å². The SMILES string of the molecule is Cc1ccc(C)c(NC(=O)COC(=O)c2ccc([N+](=O)[O-])s2)c1. The number of amides is 1. The Labute approximate surface area is 136 Å². The largest absolute Gasteiger partial charge is 0.451 e. The predicted octanol–water partition coefficient (Wildman–Crippen LogP) is 3.07. The maximum atomic E-state index is 11.8. The van der Waals surface area contributed by atoms with E-state index in [1.54, 1.807) is 0 Å². The fourth-order valence-corrected chi connectivity index (χ4v) is 2.51. The van der Waals surface area contributed by atoms with Crippen LogP contribution in [0.1, 0.15) is 20.8 Å². The van der Waals surface area contributed by atoms with E-state index in [1.165, 1.54) is 12.1 Å². The number of nitro groups is 1. The molecule has 1 aromatic carbocycles. The number of benzene rings is 1. The highest BCUT2D eigenvalue weighted by molar-refractivity contribution is 7.17. The number of thiophene rings is 1. The van der Waals surface area contributed by atoms with Crippen LogP contribution in [-0.2, 0) is 9.53 Å². The third kappa shape index (κ3) is 4.36. The van der Waals surface area contributed by atoms with Crippen LogP contribution in [0, 0.1) is 24.0 Å². The molecule has 0 saturated carbocycles. The fourth-order valence-electron chi connectivity index (χ4n) is 1.79. The normalized spacial score (nSPS) is 10.2. The highest BCUT2D eigenvalue weighted by Crippen LogP contribution is 2.24. The molecule has 23 heavy (non-hydrogen) atoms. The van der Waals surface area contributed by atoms with Crippen LogP contribution in [-0.4, -0.2) is 23.4 Å². The lowest BCUT2D eigenvalue weighted by Gasteiger charge is -2.09. The number of nitrogens with one attached hydrogen (secondary N) is 1. The average Bonchev–Trinajstić information content (AvgIpc) is 2.99. The molecule has 0 radical (unpaired) electrons. The van der Waals surface area contributed by atoms with Crippen molar-refractivity contribution < 1.29 is 19.2 Å². The molecule has 7 nitrogen and oxygen atoms in total. The molecule has 1 aromatic heterocycles. The molecular formula is C15H14N2O5S. The van der Waals surface area contributed by atoms with Gasteiger partial charge >= 0.3 is 11.0 Å². The predicted molar refractivity (Wildman–Crippen MR) is 85.8 cm³/mol. The zero-order valence-electron chi connectivity index (χ0n) is 12.5. The minimum absolute atomic E-state index is 0.0798. The molecule has 8 heteroatoms. The Balaban J connectivity index is 1.92. The van der Waals surface area contributed by atoms with Gasteiger partial charge in [0.05, 0.1) is 4.92 Å². The molecular weight excluding hydrogens is 320 g/mol. The lowest BCUT2D eigenvalue weighted by molar-refractivity contribution is -0.380. The summed E-state index contributed by atoms with van der Waals surface area (Å²) in [7, 11) is 0. The second kappa shape index (κ2) is 7.01. The lowest BCUT2D eigenvalue weighted by atomic mass is 10.1. The number of aryl methyl sites for hydroxylation is 2. The summed E-state index contributed by atoms with van der Waals surface area (Å²) >= 11 is 0.704. The number of carbonyl (C=O) groups is 2. The number of carbonyl (C=O) groups excluding carboxylic acids is 2. The van der Waals surface area contributed by atoms with Gasteiger partial charge in [0.2, 0.25) is 0 Å². The van der Waals surface area contributed by atoms with E-state index >= 15 is 0 Å². The number of rotatable bonds is 5. The zero-order valence-corrected chi connectivity index (χ0v) is 13.3. The minimum Gasteiger partial charge on any atom is -0.451 e. The third-order valence-corrected chi connectivity index (χ3v) is 3.99. The Bertz CT molecular complexity index is 769. The van der Waals surface area contributed by atoms with Gasteiger partial charge in [-0.05, 0) is 37.1 Å². The van der Waals surface area contributed by atoms with E-state index in [4.69, 9.17) is 4.74 Å². The monoisotopic (exact) mass is 334 g/mol. The van der Waals surface area contributed by atoms with Gasteiger partial charge in [-0.15, -0.1) is 0 Å². The van der Waals surface area contributed by atoms with E-state index < -0.39 is 23.4 Å². The zero-order chi connectivity index (χ0) is 17.0. The van der Waals surface area contributed by atoms with Crippen molar-refractivity contribution in [3.63, 3.8) is 0 Å². The Morgan fingerprint density at radius 3 is 2.65 bits per heavy atom. The number of ether oxygens (including phenoxy) is 1. The summed E-state index contributed by atoms with van der Waals surface area (Å²) in [6.07, 6.45) is 0.